The predicted octanol–water partition coefficient (Wildman–Crippen LogP) is -0.369. The molecule has 0 saturated carbocycles. The third kappa shape index (κ3) is 3.46. The van der Waals surface area contributed by atoms with Crippen LogP contribution in [0.1, 0.15) is 19.3 Å². The number of piperidine rings is 1. The van der Waals surface area contributed by atoms with Gasteiger partial charge in [-0.05, 0) is 45.7 Å². The maximum Gasteiger partial charge on any atom is 0.376 e. The number of rotatable bonds is 2. The van der Waals surface area contributed by atoms with Crippen molar-refractivity contribution in [2.75, 3.05) is 39.3 Å². The van der Waals surface area contributed by atoms with Gasteiger partial charge < -0.3 is 20.1 Å². The number of carbonyl (C=O) groups excluding carboxylic acids is 1. The van der Waals surface area contributed by atoms with Gasteiger partial charge in [-0.25, -0.2) is 0 Å². The number of hydrogen-bond acceptors (Lipinski definition) is 4. The van der Waals surface area contributed by atoms with Gasteiger partial charge in [0, 0.05) is 25.6 Å². The molecule has 2 rings (SSSR count). The van der Waals surface area contributed by atoms with E-state index < -0.39 is 0 Å². The van der Waals surface area contributed by atoms with Crippen molar-refractivity contribution >= 4 is 13.0 Å². The zero-order valence-electron chi connectivity index (χ0n) is 11.3. The molecule has 2 saturated heterocycles. The zero-order valence-corrected chi connectivity index (χ0v) is 11.3. The van der Waals surface area contributed by atoms with Crippen LogP contribution in [0.5, 0.6) is 0 Å². The van der Waals surface area contributed by atoms with E-state index in [0.717, 1.165) is 58.5 Å². The Balaban J connectivity index is 1.82. The molecule has 0 unspecified atom stereocenters. The quantitative estimate of drug-likeness (QED) is 0.659. The Labute approximate surface area is 110 Å². The first kappa shape index (κ1) is 13.8. The third-order valence-corrected chi connectivity index (χ3v) is 4.06. The van der Waals surface area contributed by atoms with Gasteiger partial charge in [0.25, 0.3) is 0 Å². The highest BCUT2D eigenvalue weighted by Gasteiger charge is 2.30. The van der Waals surface area contributed by atoms with Gasteiger partial charge in [-0.3, -0.25) is 4.79 Å². The van der Waals surface area contributed by atoms with Gasteiger partial charge in [-0.15, -0.1) is 0 Å². The number of nitrogens with zero attached hydrogens (tertiary/aromatic N) is 2. The first-order valence-corrected chi connectivity index (χ1v) is 7.10. The highest BCUT2D eigenvalue weighted by Crippen LogP contribution is 2.20. The molecule has 18 heavy (non-hydrogen) atoms. The molecule has 0 radical (unpaired) electrons. The molecule has 5 nitrogen and oxygen atoms in total. The molecule has 0 aromatic carbocycles. The van der Waals surface area contributed by atoms with Crippen LogP contribution < -0.4 is 5.32 Å². The van der Waals surface area contributed by atoms with Crippen LogP contribution in [-0.2, 0) is 4.79 Å². The molecule has 2 heterocycles. The van der Waals surface area contributed by atoms with Gasteiger partial charge in [0.1, 0.15) is 0 Å². The average molecular weight is 253 g/mol. The molecular formula is C12H24BN3O2. The Bertz CT molecular complexity index is 272. The molecular weight excluding hydrogens is 229 g/mol. The summed E-state index contributed by atoms with van der Waals surface area (Å²) in [4.78, 5) is 16.5. The lowest BCUT2D eigenvalue weighted by atomic mass is 9.80. The van der Waals surface area contributed by atoms with Crippen LogP contribution in [0.15, 0.2) is 0 Å². The Morgan fingerprint density at radius 3 is 2.61 bits per heavy atom. The van der Waals surface area contributed by atoms with Crippen LogP contribution in [0, 0.1) is 5.92 Å². The highest BCUT2D eigenvalue weighted by molar-refractivity contribution is 6.45. The van der Waals surface area contributed by atoms with E-state index in [1.54, 1.807) is 6.82 Å². The topological polar surface area (TPSA) is 55.8 Å². The average Bonchev–Trinajstić information content (AvgIpc) is 2.67. The normalized spacial score (nSPS) is 23.8. The second kappa shape index (κ2) is 6.54. The van der Waals surface area contributed by atoms with Crippen LogP contribution in [0.25, 0.3) is 0 Å². The van der Waals surface area contributed by atoms with E-state index in [1.807, 2.05) is 9.71 Å². The molecule has 0 aliphatic carbocycles. The minimum atomic E-state index is -0.386. The lowest BCUT2D eigenvalue weighted by molar-refractivity contribution is -0.136. The smallest absolute Gasteiger partial charge is 0.376 e. The van der Waals surface area contributed by atoms with E-state index in [-0.39, 0.29) is 13.0 Å². The summed E-state index contributed by atoms with van der Waals surface area (Å²) < 4.78 is 0. The molecule has 2 aliphatic heterocycles. The highest BCUT2D eigenvalue weighted by atomic mass is 16.2. The molecule has 0 aromatic heterocycles. The fraction of sp³-hybridized carbons (Fsp3) is 0.917. The lowest BCUT2D eigenvalue weighted by Gasteiger charge is -2.34. The standard InChI is InChI=1S/C12H24BN3O2/c1-13(18)16-8-3-11(4-9-16)12(17)15-7-2-5-14-6-10-15/h11,14,18H,2-10H2,1H3. The molecule has 0 spiro atoms. The molecule has 0 bridgehead atoms. The van der Waals surface area contributed by atoms with Crippen LogP contribution >= 0.6 is 0 Å². The Morgan fingerprint density at radius 2 is 1.94 bits per heavy atom. The van der Waals surface area contributed by atoms with Crippen molar-refractivity contribution in [2.24, 2.45) is 5.92 Å². The van der Waals surface area contributed by atoms with Crippen molar-refractivity contribution in [2.45, 2.75) is 26.1 Å². The minimum absolute atomic E-state index is 0.165. The Morgan fingerprint density at radius 1 is 1.22 bits per heavy atom. The van der Waals surface area contributed by atoms with Gasteiger partial charge >= 0.3 is 7.05 Å². The van der Waals surface area contributed by atoms with Crippen molar-refractivity contribution < 1.29 is 9.82 Å². The first-order chi connectivity index (χ1) is 8.68. The van der Waals surface area contributed by atoms with E-state index >= 15 is 0 Å². The maximum absolute atomic E-state index is 12.4. The van der Waals surface area contributed by atoms with E-state index in [4.69, 9.17) is 0 Å². The summed E-state index contributed by atoms with van der Waals surface area (Å²) in [5.74, 6) is 0.488. The lowest BCUT2D eigenvalue weighted by Crippen LogP contribution is -2.47. The molecule has 2 fully saturated rings. The first-order valence-electron chi connectivity index (χ1n) is 7.10. The largest absolute Gasteiger partial charge is 0.437 e. The minimum Gasteiger partial charge on any atom is -0.437 e. The van der Waals surface area contributed by atoms with Crippen molar-refractivity contribution in [1.82, 2.24) is 15.0 Å². The van der Waals surface area contributed by atoms with Crippen molar-refractivity contribution in [3.63, 3.8) is 0 Å². The monoisotopic (exact) mass is 253 g/mol. The second-order valence-corrected chi connectivity index (χ2v) is 5.37. The third-order valence-electron chi connectivity index (χ3n) is 4.06. The molecule has 102 valence electrons. The summed E-state index contributed by atoms with van der Waals surface area (Å²) >= 11 is 0. The second-order valence-electron chi connectivity index (χ2n) is 5.37. The summed E-state index contributed by atoms with van der Waals surface area (Å²) in [7, 11) is -0.386. The fourth-order valence-electron chi connectivity index (χ4n) is 2.84. The fourth-order valence-corrected chi connectivity index (χ4v) is 2.84. The van der Waals surface area contributed by atoms with E-state index in [1.165, 1.54) is 0 Å². The zero-order chi connectivity index (χ0) is 13.0. The van der Waals surface area contributed by atoms with Gasteiger partial charge in [-0.1, -0.05) is 0 Å². The van der Waals surface area contributed by atoms with Crippen LogP contribution in [0.2, 0.25) is 6.82 Å². The van der Waals surface area contributed by atoms with Crippen molar-refractivity contribution in [3.8, 4) is 0 Å². The molecule has 1 amide bonds. The van der Waals surface area contributed by atoms with Crippen molar-refractivity contribution in [3.05, 3.63) is 0 Å². The number of amides is 1. The maximum atomic E-state index is 12.4. The van der Waals surface area contributed by atoms with Crippen LogP contribution in [0.4, 0.5) is 0 Å². The van der Waals surface area contributed by atoms with Gasteiger partial charge in [-0.2, -0.15) is 0 Å². The Kier molecular flexibility index (Phi) is 5.03. The number of hydrogen-bond donors (Lipinski definition) is 2. The molecule has 2 aliphatic rings. The predicted molar refractivity (Wildman–Crippen MR) is 72.2 cm³/mol. The summed E-state index contributed by atoms with van der Waals surface area (Å²) in [6.45, 7) is 7.13. The van der Waals surface area contributed by atoms with Crippen molar-refractivity contribution in [1.29, 1.82) is 0 Å². The molecule has 0 aromatic rings. The van der Waals surface area contributed by atoms with Gasteiger partial charge in [0.05, 0.1) is 0 Å². The summed E-state index contributed by atoms with van der Waals surface area (Å²) in [5.41, 5.74) is 0. The summed E-state index contributed by atoms with van der Waals surface area (Å²) in [6.07, 6.45) is 2.82. The van der Waals surface area contributed by atoms with Gasteiger partial charge in [0.15, 0.2) is 0 Å². The van der Waals surface area contributed by atoms with E-state index in [0.29, 0.717) is 5.91 Å². The summed E-state index contributed by atoms with van der Waals surface area (Å²) in [6, 6.07) is 0. The summed E-state index contributed by atoms with van der Waals surface area (Å²) in [5, 5.41) is 12.8. The SMILES string of the molecule is CB(O)N1CCC(C(=O)N2CCCNCC2)CC1. The molecule has 6 heteroatoms. The van der Waals surface area contributed by atoms with E-state index in [9.17, 15) is 9.82 Å². The molecule has 0 atom stereocenters. The van der Waals surface area contributed by atoms with Crippen LogP contribution in [-0.4, -0.2) is 67.0 Å². The van der Waals surface area contributed by atoms with Crippen LogP contribution in [0.3, 0.4) is 0 Å². The van der Waals surface area contributed by atoms with Gasteiger partial charge in [0.2, 0.25) is 5.91 Å². The number of nitrogens with one attached hydrogen (secondary N) is 1. The van der Waals surface area contributed by atoms with E-state index in [2.05, 4.69) is 5.32 Å². The molecule has 2 N–H and O–H groups in total. The number of carbonyl (C=O) groups is 1. The Hall–Kier alpha value is -0.585.